The Morgan fingerprint density at radius 1 is 1.73 bits per heavy atom. The van der Waals surface area contributed by atoms with Gasteiger partial charge in [0.15, 0.2) is 0 Å². The molecule has 0 fully saturated rings. The molecule has 0 saturated carbocycles. The van der Waals surface area contributed by atoms with E-state index >= 15 is 0 Å². The van der Waals surface area contributed by atoms with Gasteiger partial charge >= 0.3 is 41.1 Å². The molecule has 0 aromatic heterocycles. The van der Waals surface area contributed by atoms with E-state index in [-0.39, 0.29) is 0 Å². The fourth-order valence-electron chi connectivity index (χ4n) is 0.219. The second-order valence-corrected chi connectivity index (χ2v) is 1.39. The van der Waals surface area contributed by atoms with E-state index < -0.39 is 5.97 Å². The number of hydrogen-bond donors (Lipinski definition) is 1. The van der Waals surface area contributed by atoms with Crippen LogP contribution < -0.4 is 0 Å². The van der Waals surface area contributed by atoms with Crippen LogP contribution in [-0.2, 0) is 14.5 Å². The molecule has 0 aromatic carbocycles. The second kappa shape index (κ2) is 6.60. The first-order valence-corrected chi connectivity index (χ1v) is 2.76. The molecule has 1 rings (SSSR count). The van der Waals surface area contributed by atoms with E-state index in [1.807, 2.05) is 0 Å². The van der Waals surface area contributed by atoms with E-state index in [1.165, 1.54) is 13.4 Å². The van der Waals surface area contributed by atoms with Crippen LogP contribution in [0.5, 0.6) is 0 Å². The Balaban J connectivity index is 0.000000187. The Morgan fingerprint density at radius 3 is 2.45 bits per heavy atom. The van der Waals surface area contributed by atoms with Gasteiger partial charge in [-0.3, -0.25) is 0 Å². The Morgan fingerprint density at radius 2 is 2.36 bits per heavy atom. The van der Waals surface area contributed by atoms with Crippen molar-refractivity contribution in [1.29, 1.82) is 0 Å². The van der Waals surface area contributed by atoms with Gasteiger partial charge in [0.25, 0.3) is 0 Å². The first-order valence-electron chi connectivity index (χ1n) is 2.76. The summed E-state index contributed by atoms with van der Waals surface area (Å²) < 4.78 is 0. The van der Waals surface area contributed by atoms with Gasteiger partial charge in [0.05, 0.1) is 0 Å². The molecule has 11 heavy (non-hydrogen) atoms. The second-order valence-electron chi connectivity index (χ2n) is 1.39. The van der Waals surface area contributed by atoms with Gasteiger partial charge < -0.3 is 5.11 Å². The fraction of sp³-hybridized carbons (Fsp3) is 0. The summed E-state index contributed by atoms with van der Waals surface area (Å²) in [6, 6.07) is 0. The van der Waals surface area contributed by atoms with Crippen molar-refractivity contribution in [1.82, 2.24) is 0 Å². The maximum Gasteiger partial charge on any atom is 0.327 e. The first kappa shape index (κ1) is 9.48. The van der Waals surface area contributed by atoms with Crippen molar-refractivity contribution in [2.24, 2.45) is 0 Å². The van der Waals surface area contributed by atoms with Crippen molar-refractivity contribution in [3.8, 4) is 0 Å². The standard InChI is InChI=1S/C3H3BO2.C3H4O2/c1-2-4-6-5-3-1;1-2-3(4)5/h1-3H;2H,1H2,(H,4,5). The molecule has 4 nitrogen and oxygen atoms in total. The summed E-state index contributed by atoms with van der Waals surface area (Å²) in [6.07, 6.45) is 4.03. The van der Waals surface area contributed by atoms with Crippen molar-refractivity contribution in [3.63, 3.8) is 0 Å². The summed E-state index contributed by atoms with van der Waals surface area (Å²) in [5.74, 6) is 0.758. The molecule has 0 radical (unpaired) electrons. The van der Waals surface area contributed by atoms with Crippen LogP contribution in [0.1, 0.15) is 0 Å². The number of aliphatic carboxylic acids is 1. The minimum atomic E-state index is -0.981. The molecule has 1 heterocycles. The number of carboxylic acids is 1. The number of hydrogen-bond acceptors (Lipinski definition) is 3. The van der Waals surface area contributed by atoms with Crippen LogP contribution in [0.25, 0.3) is 0 Å². The van der Waals surface area contributed by atoms with Gasteiger partial charge in [-0.05, 0) is 0 Å². The number of carbonyl (C=O) groups is 1. The summed E-state index contributed by atoms with van der Waals surface area (Å²) in [5.41, 5.74) is 0. The Bertz CT molecular complexity index is 173. The van der Waals surface area contributed by atoms with E-state index in [1.54, 1.807) is 12.0 Å². The van der Waals surface area contributed by atoms with Gasteiger partial charge in [-0.25, -0.2) is 4.79 Å². The van der Waals surface area contributed by atoms with Gasteiger partial charge in [-0.1, -0.05) is 6.58 Å². The molecule has 5 heteroatoms. The molecule has 0 bridgehead atoms. The summed E-state index contributed by atoms with van der Waals surface area (Å²) in [7, 11) is 1.46. The van der Waals surface area contributed by atoms with E-state index in [9.17, 15) is 4.79 Å². The SMILES string of the molecule is B1=CC=COO1.C=CC(=O)O. The molecule has 58 valence electrons. The third kappa shape index (κ3) is 8.48. The van der Waals surface area contributed by atoms with Crippen LogP contribution in [0.15, 0.2) is 25.0 Å². The molecule has 0 atom stereocenters. The number of allylic oxidation sites excluding steroid dienone is 1. The Labute approximate surface area is 64.6 Å². The summed E-state index contributed by atoms with van der Waals surface area (Å²) in [4.78, 5) is 17.9. The van der Waals surface area contributed by atoms with Crippen LogP contribution in [0.4, 0.5) is 0 Å². The van der Waals surface area contributed by atoms with Gasteiger partial charge in [0.2, 0.25) is 0 Å². The third-order valence-corrected chi connectivity index (χ3v) is 0.610. The number of carboxylic acid groups (broad SMARTS) is 1. The average Bonchev–Trinajstić information content (AvgIpc) is 2.09. The zero-order valence-electron chi connectivity index (χ0n) is 5.77. The molecule has 0 amide bonds. The minimum absolute atomic E-state index is 0.833. The van der Waals surface area contributed by atoms with Crippen LogP contribution in [-0.4, -0.2) is 24.2 Å². The summed E-state index contributed by atoms with van der Waals surface area (Å²) >= 11 is 0. The van der Waals surface area contributed by atoms with Gasteiger partial charge in [-0.15, -0.1) is 0 Å². The van der Waals surface area contributed by atoms with E-state index in [4.69, 9.17) is 5.11 Å². The van der Waals surface area contributed by atoms with Crippen molar-refractivity contribution in [2.75, 3.05) is 0 Å². The maximum atomic E-state index is 9.25. The average molecular weight is 154 g/mol. The Kier molecular flexibility index (Phi) is 5.69. The molecule has 1 aliphatic heterocycles. The molecule has 0 aromatic rings. The molecule has 0 unspecified atom stereocenters. The quantitative estimate of drug-likeness (QED) is 0.331. The molecule has 1 N–H and O–H groups in total. The normalized spacial score (nSPS) is 10.9. The van der Waals surface area contributed by atoms with E-state index in [0.29, 0.717) is 0 Å². The van der Waals surface area contributed by atoms with Gasteiger partial charge in [0, 0.05) is 6.08 Å². The minimum Gasteiger partial charge on any atom is -0.478 e. The molecule has 0 saturated heterocycles. The Hall–Kier alpha value is -1.52. The van der Waals surface area contributed by atoms with Crippen LogP contribution in [0.3, 0.4) is 0 Å². The molecule has 0 spiro atoms. The van der Waals surface area contributed by atoms with Crippen LogP contribution >= 0.6 is 0 Å². The van der Waals surface area contributed by atoms with Crippen molar-refractivity contribution >= 4 is 19.1 Å². The summed E-state index contributed by atoms with van der Waals surface area (Å²) in [5, 5.41) is 7.60. The molecule has 1 aliphatic rings. The zero-order chi connectivity index (χ0) is 8.53. The monoisotopic (exact) mass is 154 g/mol. The van der Waals surface area contributed by atoms with Crippen LogP contribution in [0, 0.1) is 0 Å². The van der Waals surface area contributed by atoms with Crippen molar-refractivity contribution < 1.29 is 19.6 Å². The predicted octanol–water partition coefficient (Wildman–Crippen LogP) is 0.140. The molecular formula is C6H7BO4. The number of rotatable bonds is 1. The molecule has 0 aliphatic carbocycles. The zero-order valence-corrected chi connectivity index (χ0v) is 5.77. The van der Waals surface area contributed by atoms with E-state index in [0.717, 1.165) is 6.08 Å². The fourth-order valence-corrected chi connectivity index (χ4v) is 0.219. The largest absolute Gasteiger partial charge is 0.478 e. The van der Waals surface area contributed by atoms with Crippen molar-refractivity contribution in [3.05, 3.63) is 25.0 Å². The summed E-state index contributed by atoms with van der Waals surface area (Å²) in [6.45, 7) is 2.96. The topological polar surface area (TPSA) is 55.8 Å². The van der Waals surface area contributed by atoms with Gasteiger partial charge in [-0.2, -0.15) is 0 Å². The van der Waals surface area contributed by atoms with E-state index in [2.05, 4.69) is 16.3 Å². The van der Waals surface area contributed by atoms with Gasteiger partial charge in [0.1, 0.15) is 0 Å². The molecular weight excluding hydrogens is 147 g/mol. The van der Waals surface area contributed by atoms with Crippen LogP contribution in [0.2, 0.25) is 0 Å². The predicted molar refractivity (Wildman–Crippen MR) is 41.0 cm³/mol. The first-order chi connectivity index (χ1) is 5.27. The van der Waals surface area contributed by atoms with Crippen molar-refractivity contribution in [2.45, 2.75) is 0 Å². The third-order valence-electron chi connectivity index (χ3n) is 0.610. The smallest absolute Gasteiger partial charge is 0.327 e. The maximum absolute atomic E-state index is 9.25.